The summed E-state index contributed by atoms with van der Waals surface area (Å²) in [5.74, 6) is 0.882. The molecule has 3 N–H and O–H groups in total. The highest BCUT2D eigenvalue weighted by molar-refractivity contribution is 6.09. The Morgan fingerprint density at radius 1 is 1.22 bits per heavy atom. The van der Waals surface area contributed by atoms with Crippen molar-refractivity contribution in [1.29, 1.82) is 0 Å². The van der Waals surface area contributed by atoms with Crippen molar-refractivity contribution in [3.63, 3.8) is 0 Å². The number of benzene rings is 2. The van der Waals surface area contributed by atoms with Gasteiger partial charge >= 0.3 is 0 Å². The van der Waals surface area contributed by atoms with Crippen LogP contribution in [0.4, 0.5) is 17.2 Å². The second kappa shape index (κ2) is 6.55. The topological polar surface area (TPSA) is 76.2 Å². The summed E-state index contributed by atoms with van der Waals surface area (Å²) >= 11 is 0. The van der Waals surface area contributed by atoms with E-state index in [-0.39, 0.29) is 5.91 Å². The first-order valence-corrected chi connectivity index (χ1v) is 8.98. The van der Waals surface area contributed by atoms with Crippen molar-refractivity contribution in [2.24, 2.45) is 12.8 Å². The van der Waals surface area contributed by atoms with Gasteiger partial charge in [0.05, 0.1) is 24.1 Å². The van der Waals surface area contributed by atoms with Crippen LogP contribution in [0.5, 0.6) is 0 Å². The number of hydrogen-bond donors (Lipinski definition) is 2. The molecule has 0 bridgehead atoms. The second-order valence-corrected chi connectivity index (χ2v) is 7.03. The van der Waals surface area contributed by atoms with Gasteiger partial charge in [-0.05, 0) is 48.7 Å². The molecule has 0 fully saturated rings. The van der Waals surface area contributed by atoms with Crippen molar-refractivity contribution in [3.8, 4) is 0 Å². The van der Waals surface area contributed by atoms with Crippen molar-refractivity contribution in [1.82, 2.24) is 9.78 Å². The van der Waals surface area contributed by atoms with E-state index in [0.29, 0.717) is 18.7 Å². The lowest BCUT2D eigenvalue weighted by atomic mass is 10.0. The average molecular weight is 361 g/mol. The fraction of sp³-hybridized carbons (Fsp3) is 0.238. The number of anilines is 3. The van der Waals surface area contributed by atoms with Crippen LogP contribution in [0, 0.1) is 13.8 Å². The van der Waals surface area contributed by atoms with E-state index in [2.05, 4.69) is 16.5 Å². The second-order valence-electron chi connectivity index (χ2n) is 7.03. The van der Waals surface area contributed by atoms with Gasteiger partial charge in [0.25, 0.3) is 5.91 Å². The Hall–Kier alpha value is -3.12. The van der Waals surface area contributed by atoms with E-state index in [9.17, 15) is 4.79 Å². The SMILES string of the molecule is Cc1ccc2c(c1)Nc1c(cnn1C)CN2C(=O)c1ccc(CN)cc1C. The summed E-state index contributed by atoms with van der Waals surface area (Å²) in [5, 5.41) is 7.80. The molecule has 0 radical (unpaired) electrons. The van der Waals surface area contributed by atoms with Crippen molar-refractivity contribution < 1.29 is 4.79 Å². The Bertz CT molecular complexity index is 1040. The van der Waals surface area contributed by atoms with Gasteiger partial charge in [0.2, 0.25) is 0 Å². The molecule has 1 aliphatic heterocycles. The smallest absolute Gasteiger partial charge is 0.258 e. The maximum absolute atomic E-state index is 13.5. The maximum Gasteiger partial charge on any atom is 0.258 e. The van der Waals surface area contributed by atoms with E-state index >= 15 is 0 Å². The van der Waals surface area contributed by atoms with Crippen LogP contribution in [0.3, 0.4) is 0 Å². The van der Waals surface area contributed by atoms with Crippen LogP contribution in [-0.2, 0) is 20.1 Å². The number of aromatic nitrogens is 2. The summed E-state index contributed by atoms with van der Waals surface area (Å²) in [6.07, 6.45) is 1.81. The number of nitrogens with zero attached hydrogens (tertiary/aromatic N) is 3. The van der Waals surface area contributed by atoms with Crippen molar-refractivity contribution >= 4 is 23.1 Å². The Morgan fingerprint density at radius 2 is 2.04 bits per heavy atom. The Balaban J connectivity index is 1.83. The fourth-order valence-corrected chi connectivity index (χ4v) is 3.55. The first kappa shape index (κ1) is 17.3. The van der Waals surface area contributed by atoms with Crippen LogP contribution < -0.4 is 16.0 Å². The van der Waals surface area contributed by atoms with Gasteiger partial charge in [-0.3, -0.25) is 9.48 Å². The molecule has 138 valence electrons. The summed E-state index contributed by atoms with van der Waals surface area (Å²) in [6.45, 7) is 4.92. The van der Waals surface area contributed by atoms with E-state index in [1.54, 1.807) is 4.68 Å². The Labute approximate surface area is 158 Å². The molecule has 2 aromatic carbocycles. The number of fused-ring (bicyclic) bond motifs is 2. The van der Waals surface area contributed by atoms with Gasteiger partial charge in [0.15, 0.2) is 0 Å². The molecule has 27 heavy (non-hydrogen) atoms. The number of carbonyl (C=O) groups is 1. The average Bonchev–Trinajstić information content (AvgIpc) is 2.90. The summed E-state index contributed by atoms with van der Waals surface area (Å²) < 4.78 is 1.80. The van der Waals surface area contributed by atoms with Crippen LogP contribution >= 0.6 is 0 Å². The zero-order chi connectivity index (χ0) is 19.1. The zero-order valence-electron chi connectivity index (χ0n) is 15.8. The lowest BCUT2D eigenvalue weighted by Gasteiger charge is -2.24. The fourth-order valence-electron chi connectivity index (χ4n) is 3.55. The number of nitrogens with two attached hydrogens (primary N) is 1. The molecular weight excluding hydrogens is 338 g/mol. The number of rotatable bonds is 2. The molecule has 2 heterocycles. The lowest BCUT2D eigenvalue weighted by Crippen LogP contribution is -2.30. The number of carbonyl (C=O) groups excluding carboxylic acids is 1. The van der Waals surface area contributed by atoms with Crippen molar-refractivity contribution in [2.75, 3.05) is 10.2 Å². The molecule has 0 saturated heterocycles. The monoisotopic (exact) mass is 361 g/mol. The molecule has 6 heteroatoms. The van der Waals surface area contributed by atoms with E-state index in [4.69, 9.17) is 5.73 Å². The van der Waals surface area contributed by atoms with E-state index in [1.807, 2.05) is 62.3 Å². The Kier molecular flexibility index (Phi) is 4.20. The molecule has 3 aromatic rings. The minimum Gasteiger partial charge on any atom is -0.338 e. The van der Waals surface area contributed by atoms with E-state index in [1.165, 1.54) is 0 Å². The maximum atomic E-state index is 13.5. The molecular formula is C21H23N5O. The van der Waals surface area contributed by atoms with Crippen molar-refractivity contribution in [3.05, 3.63) is 70.4 Å². The van der Waals surface area contributed by atoms with Gasteiger partial charge in [-0.2, -0.15) is 5.10 Å². The van der Waals surface area contributed by atoms with E-state index < -0.39 is 0 Å². The lowest BCUT2D eigenvalue weighted by molar-refractivity contribution is 0.0985. The van der Waals surface area contributed by atoms with Gasteiger partial charge in [0, 0.05) is 24.7 Å². The summed E-state index contributed by atoms with van der Waals surface area (Å²) in [4.78, 5) is 15.3. The van der Waals surface area contributed by atoms with Crippen molar-refractivity contribution in [2.45, 2.75) is 26.9 Å². The number of aryl methyl sites for hydroxylation is 3. The highest BCUT2D eigenvalue weighted by Gasteiger charge is 2.27. The molecule has 6 nitrogen and oxygen atoms in total. The standard InChI is InChI=1S/C21H23N5O/c1-13-4-7-19-18(8-13)24-20-16(11-23-25(20)3)12-26(19)21(27)17-6-5-15(10-22)9-14(17)2/h4-9,11,24H,10,12,22H2,1-3H3. The van der Waals surface area contributed by atoms with Gasteiger partial charge in [0.1, 0.15) is 5.82 Å². The predicted molar refractivity (Wildman–Crippen MR) is 107 cm³/mol. The van der Waals surface area contributed by atoms with Gasteiger partial charge in [-0.15, -0.1) is 0 Å². The third kappa shape index (κ3) is 2.98. The third-order valence-electron chi connectivity index (χ3n) is 5.04. The van der Waals surface area contributed by atoms with Crippen LogP contribution in [-0.4, -0.2) is 15.7 Å². The van der Waals surface area contributed by atoms with Crippen LogP contribution in [0.1, 0.15) is 32.6 Å². The molecule has 0 atom stereocenters. The third-order valence-corrected chi connectivity index (χ3v) is 5.04. The number of amides is 1. The molecule has 0 aliphatic carbocycles. The van der Waals surface area contributed by atoms with Crippen LogP contribution in [0.15, 0.2) is 42.6 Å². The highest BCUT2D eigenvalue weighted by Crippen LogP contribution is 2.37. The van der Waals surface area contributed by atoms with Gasteiger partial charge < -0.3 is 16.0 Å². The summed E-state index contributed by atoms with van der Waals surface area (Å²) in [5.41, 5.74) is 12.2. The molecule has 1 amide bonds. The highest BCUT2D eigenvalue weighted by atomic mass is 16.2. The van der Waals surface area contributed by atoms with E-state index in [0.717, 1.165) is 39.4 Å². The molecule has 0 unspecified atom stereocenters. The first-order valence-electron chi connectivity index (χ1n) is 8.98. The summed E-state index contributed by atoms with van der Waals surface area (Å²) in [6, 6.07) is 11.9. The molecule has 1 aromatic heterocycles. The molecule has 1 aliphatic rings. The zero-order valence-corrected chi connectivity index (χ0v) is 15.8. The van der Waals surface area contributed by atoms with Crippen LogP contribution in [0.2, 0.25) is 0 Å². The Morgan fingerprint density at radius 3 is 2.78 bits per heavy atom. The van der Waals surface area contributed by atoms with Gasteiger partial charge in [-0.25, -0.2) is 0 Å². The minimum atomic E-state index is -0.0281. The first-order chi connectivity index (χ1) is 13.0. The minimum absolute atomic E-state index is 0.0281. The normalized spacial score (nSPS) is 12.8. The number of nitrogens with one attached hydrogen (secondary N) is 1. The van der Waals surface area contributed by atoms with Gasteiger partial charge in [-0.1, -0.05) is 18.2 Å². The van der Waals surface area contributed by atoms with Crippen LogP contribution in [0.25, 0.3) is 0 Å². The molecule has 4 rings (SSSR count). The quantitative estimate of drug-likeness (QED) is 0.733. The predicted octanol–water partition coefficient (Wildman–Crippen LogP) is 3.40. The molecule has 0 saturated carbocycles. The summed E-state index contributed by atoms with van der Waals surface area (Å²) in [7, 11) is 1.90. The molecule has 0 spiro atoms. The largest absolute Gasteiger partial charge is 0.338 e. The number of hydrogen-bond acceptors (Lipinski definition) is 4.